The normalized spacial score (nSPS) is 15.2. The first-order valence-corrected chi connectivity index (χ1v) is 13.6. The van der Waals surface area contributed by atoms with Gasteiger partial charge in [0.2, 0.25) is 0 Å². The second kappa shape index (κ2) is 10.7. The van der Waals surface area contributed by atoms with Gasteiger partial charge in [-0.25, -0.2) is 9.97 Å². The van der Waals surface area contributed by atoms with Gasteiger partial charge in [-0.05, 0) is 37.4 Å². The maximum absolute atomic E-state index is 13.0. The first-order chi connectivity index (χ1) is 17.9. The number of hydrogen-bond donors (Lipinski definition) is 3. The number of fused-ring (bicyclic) bond motifs is 1. The van der Waals surface area contributed by atoms with E-state index >= 15 is 0 Å². The number of pyridine rings is 2. The molecule has 1 amide bonds. The second-order valence-electron chi connectivity index (χ2n) is 9.41. The molecule has 1 unspecified atom stereocenters. The fourth-order valence-corrected chi connectivity index (χ4v) is 5.36. The maximum atomic E-state index is 13.0. The first-order valence-electron chi connectivity index (χ1n) is 12.3. The molecule has 1 aliphatic rings. The van der Waals surface area contributed by atoms with Crippen LogP contribution in [0.5, 0.6) is 0 Å². The highest BCUT2D eigenvalue weighted by molar-refractivity contribution is 7.85. The van der Waals surface area contributed by atoms with Gasteiger partial charge in [-0.2, -0.15) is 0 Å². The number of para-hydroxylation sites is 1. The number of anilines is 4. The lowest BCUT2D eigenvalue weighted by atomic mass is 10.2. The van der Waals surface area contributed by atoms with E-state index in [-0.39, 0.29) is 11.2 Å². The number of aromatic nitrogens is 3. The molecule has 1 atom stereocenters. The number of carbonyl (C=O) groups is 1. The van der Waals surface area contributed by atoms with E-state index in [9.17, 15) is 9.00 Å². The third-order valence-electron chi connectivity index (χ3n) is 6.38. The van der Waals surface area contributed by atoms with Gasteiger partial charge in [-0.3, -0.25) is 9.00 Å². The van der Waals surface area contributed by atoms with Crippen LogP contribution in [0.2, 0.25) is 0 Å². The molecule has 0 saturated carbocycles. The summed E-state index contributed by atoms with van der Waals surface area (Å²) in [5.74, 6) is 1.10. The average molecular weight is 518 g/mol. The molecule has 3 aromatic heterocycles. The Morgan fingerprint density at radius 2 is 1.78 bits per heavy atom. The molecule has 10 heteroatoms. The van der Waals surface area contributed by atoms with Crippen LogP contribution in [0, 0.1) is 0 Å². The number of aromatic amines is 1. The molecule has 9 nitrogen and oxygen atoms in total. The molecule has 4 aromatic rings. The molecule has 4 heterocycles. The highest BCUT2D eigenvalue weighted by atomic mass is 32.2. The number of nitrogens with one attached hydrogen (secondary N) is 3. The number of piperazine rings is 1. The third-order valence-corrected chi connectivity index (χ3v) is 8.03. The summed E-state index contributed by atoms with van der Waals surface area (Å²) in [7, 11) is 0.922. The number of rotatable bonds is 7. The highest BCUT2D eigenvalue weighted by Gasteiger charge is 2.21. The van der Waals surface area contributed by atoms with Crippen LogP contribution < -0.4 is 10.6 Å². The summed E-state index contributed by atoms with van der Waals surface area (Å²) in [5.41, 5.74) is 2.88. The van der Waals surface area contributed by atoms with Crippen molar-refractivity contribution in [1.82, 2.24) is 24.8 Å². The Kier molecular flexibility index (Phi) is 7.20. The van der Waals surface area contributed by atoms with Gasteiger partial charge in [0.05, 0.1) is 27.1 Å². The van der Waals surface area contributed by atoms with E-state index in [2.05, 4.69) is 37.5 Å². The lowest BCUT2D eigenvalue weighted by molar-refractivity contribution is 0.0664. The summed E-state index contributed by atoms with van der Waals surface area (Å²) in [4.78, 5) is 30.2. The van der Waals surface area contributed by atoms with E-state index in [1.165, 1.54) is 0 Å². The van der Waals surface area contributed by atoms with Gasteiger partial charge < -0.3 is 25.4 Å². The van der Waals surface area contributed by atoms with E-state index in [0.29, 0.717) is 35.9 Å². The van der Waals surface area contributed by atoms with E-state index in [0.717, 1.165) is 34.7 Å². The Morgan fingerprint density at radius 1 is 1.00 bits per heavy atom. The van der Waals surface area contributed by atoms with E-state index in [1.807, 2.05) is 61.3 Å². The topological polar surface area (TPSA) is 106 Å². The van der Waals surface area contributed by atoms with Gasteiger partial charge in [0.15, 0.2) is 0 Å². The van der Waals surface area contributed by atoms with Crippen molar-refractivity contribution in [2.45, 2.75) is 24.0 Å². The first kappa shape index (κ1) is 24.9. The zero-order valence-corrected chi connectivity index (χ0v) is 22.0. The molecule has 1 aromatic carbocycles. The number of likely N-dealkylation sites (N-methyl/N-ethyl adjacent to an activating group) is 1. The third kappa shape index (κ3) is 5.50. The summed E-state index contributed by atoms with van der Waals surface area (Å²) in [6, 6.07) is 15.0. The Morgan fingerprint density at radius 3 is 2.57 bits per heavy atom. The molecule has 0 spiro atoms. The molecule has 1 aliphatic heterocycles. The molecule has 192 valence electrons. The minimum absolute atomic E-state index is 0.00296. The number of H-pyrrole nitrogens is 1. The Hall–Kier alpha value is -3.76. The van der Waals surface area contributed by atoms with Crippen molar-refractivity contribution in [1.29, 1.82) is 0 Å². The van der Waals surface area contributed by atoms with Crippen molar-refractivity contribution in [3.63, 3.8) is 0 Å². The van der Waals surface area contributed by atoms with Crippen LogP contribution in [0.4, 0.5) is 23.0 Å². The predicted molar refractivity (Wildman–Crippen MR) is 148 cm³/mol. The number of nitrogens with zero attached hydrogens (tertiary/aromatic N) is 4. The Labute approximate surface area is 218 Å². The summed E-state index contributed by atoms with van der Waals surface area (Å²) in [6.07, 6.45) is 3.47. The van der Waals surface area contributed by atoms with Crippen molar-refractivity contribution < 1.29 is 9.00 Å². The van der Waals surface area contributed by atoms with Crippen LogP contribution in [0.25, 0.3) is 11.0 Å². The van der Waals surface area contributed by atoms with Gasteiger partial charge in [0.1, 0.15) is 17.3 Å². The number of carbonyl (C=O) groups excluding carboxylic acids is 1. The second-order valence-corrected chi connectivity index (χ2v) is 11.4. The smallest absolute Gasteiger partial charge is 0.254 e. The van der Waals surface area contributed by atoms with Gasteiger partial charge in [0, 0.05) is 60.8 Å². The number of hydrogen-bond acceptors (Lipinski definition) is 7. The fraction of sp³-hybridized carbons (Fsp3) is 0.296. The van der Waals surface area contributed by atoms with Crippen LogP contribution in [0.15, 0.2) is 65.8 Å². The van der Waals surface area contributed by atoms with Crippen LogP contribution in [0.3, 0.4) is 0 Å². The summed E-state index contributed by atoms with van der Waals surface area (Å²) < 4.78 is 12.9. The minimum Gasteiger partial charge on any atom is -0.354 e. The summed E-state index contributed by atoms with van der Waals surface area (Å²) in [5, 5.41) is 7.62. The van der Waals surface area contributed by atoms with E-state index in [1.54, 1.807) is 18.3 Å². The fourth-order valence-electron chi connectivity index (χ4n) is 4.30. The van der Waals surface area contributed by atoms with Crippen molar-refractivity contribution in [3.05, 3.63) is 66.5 Å². The largest absolute Gasteiger partial charge is 0.354 e. The van der Waals surface area contributed by atoms with Crippen LogP contribution in [-0.2, 0) is 10.8 Å². The zero-order valence-electron chi connectivity index (χ0n) is 21.2. The van der Waals surface area contributed by atoms with E-state index in [4.69, 9.17) is 0 Å². The Balaban J connectivity index is 1.41. The molecule has 0 aliphatic carbocycles. The van der Waals surface area contributed by atoms with Crippen molar-refractivity contribution in [3.8, 4) is 0 Å². The molecular weight excluding hydrogens is 486 g/mol. The monoisotopic (exact) mass is 517 g/mol. The molecule has 1 saturated heterocycles. The molecule has 0 bridgehead atoms. The molecule has 37 heavy (non-hydrogen) atoms. The predicted octanol–water partition coefficient (Wildman–Crippen LogP) is 4.35. The van der Waals surface area contributed by atoms with Crippen molar-refractivity contribution in [2.24, 2.45) is 0 Å². The summed E-state index contributed by atoms with van der Waals surface area (Å²) >= 11 is 0. The van der Waals surface area contributed by atoms with Crippen LogP contribution >= 0.6 is 0 Å². The highest BCUT2D eigenvalue weighted by Crippen LogP contribution is 2.31. The number of benzene rings is 1. The van der Waals surface area contributed by atoms with Gasteiger partial charge >= 0.3 is 0 Å². The zero-order chi connectivity index (χ0) is 25.9. The lowest BCUT2D eigenvalue weighted by Crippen LogP contribution is -2.47. The van der Waals surface area contributed by atoms with Crippen molar-refractivity contribution >= 4 is 50.8 Å². The van der Waals surface area contributed by atoms with E-state index < -0.39 is 10.8 Å². The van der Waals surface area contributed by atoms with Gasteiger partial charge in [-0.15, -0.1) is 0 Å². The number of amides is 1. The van der Waals surface area contributed by atoms with Crippen LogP contribution in [0.1, 0.15) is 24.2 Å². The van der Waals surface area contributed by atoms with Gasteiger partial charge in [0.25, 0.3) is 5.91 Å². The van der Waals surface area contributed by atoms with Crippen LogP contribution in [-0.4, -0.2) is 73.3 Å². The molecule has 3 N–H and O–H groups in total. The Bertz CT molecular complexity index is 1440. The van der Waals surface area contributed by atoms with Gasteiger partial charge in [-0.1, -0.05) is 26.0 Å². The molecule has 1 fully saturated rings. The molecular formula is C27H31N7O2S. The minimum atomic E-state index is -1.14. The average Bonchev–Trinajstić information content (AvgIpc) is 3.38. The standard InChI is InChI=1S/C27H31N7O2S/c1-18(2)37(36)23-7-5-4-6-21(23)30-22-17-25(32-26-20(22)9-11-29-26)31-24-16-19(8-10-28-24)27(35)34-14-12-33(3)13-15-34/h4-11,16-18H,12-15H2,1-3H3,(H3,28,29,30,31,32). The molecule has 0 radical (unpaired) electrons. The van der Waals surface area contributed by atoms with Crippen molar-refractivity contribution in [2.75, 3.05) is 43.9 Å². The molecule has 5 rings (SSSR count). The lowest BCUT2D eigenvalue weighted by Gasteiger charge is -2.32. The summed E-state index contributed by atoms with van der Waals surface area (Å²) in [6.45, 7) is 7.05. The SMILES string of the molecule is CC(C)S(=O)c1ccccc1Nc1cc(Nc2cc(C(=O)N3CCN(C)CC3)ccn2)nc2[nH]ccc12. The quantitative estimate of drug-likeness (QED) is 0.335. The maximum Gasteiger partial charge on any atom is 0.254 e.